The van der Waals surface area contributed by atoms with E-state index < -0.39 is 6.04 Å². The summed E-state index contributed by atoms with van der Waals surface area (Å²) in [5.41, 5.74) is 6.92. The maximum atomic E-state index is 11.4. The smallest absolute Gasteiger partial charge is 0.307 e. The fraction of sp³-hybridized carbons (Fsp3) is 0.611. The van der Waals surface area contributed by atoms with Crippen molar-refractivity contribution in [2.45, 2.75) is 57.6 Å². The van der Waals surface area contributed by atoms with Crippen molar-refractivity contribution in [2.75, 3.05) is 13.7 Å². The molecule has 1 atom stereocenters. The Balaban J connectivity index is 2.11. The molecule has 1 unspecified atom stereocenters. The van der Waals surface area contributed by atoms with Gasteiger partial charge in [0, 0.05) is 6.04 Å². The van der Waals surface area contributed by atoms with Gasteiger partial charge in [-0.1, -0.05) is 12.5 Å². The van der Waals surface area contributed by atoms with Crippen LogP contribution in [0.2, 0.25) is 0 Å². The Morgan fingerprint density at radius 3 is 2.65 bits per heavy atom. The zero-order chi connectivity index (χ0) is 16.7. The molecule has 0 aliphatic heterocycles. The molecule has 5 nitrogen and oxygen atoms in total. The molecule has 5 heteroatoms. The number of carbonyl (C=O) groups excluding carboxylic acids is 1. The van der Waals surface area contributed by atoms with Crippen LogP contribution in [-0.4, -0.2) is 25.8 Å². The summed E-state index contributed by atoms with van der Waals surface area (Å²) in [5, 5.41) is 0. The van der Waals surface area contributed by atoms with Crippen LogP contribution in [0.4, 0.5) is 0 Å². The first-order chi connectivity index (χ1) is 11.1. The highest BCUT2D eigenvalue weighted by Crippen LogP contribution is 2.33. The van der Waals surface area contributed by atoms with Gasteiger partial charge in [-0.15, -0.1) is 0 Å². The molecule has 1 aromatic rings. The monoisotopic (exact) mass is 321 g/mol. The van der Waals surface area contributed by atoms with E-state index in [0.717, 1.165) is 24.2 Å². The Morgan fingerprint density at radius 1 is 1.26 bits per heavy atom. The summed E-state index contributed by atoms with van der Waals surface area (Å²) in [5.74, 6) is 1.13. The van der Waals surface area contributed by atoms with E-state index in [1.165, 1.54) is 26.4 Å². The van der Waals surface area contributed by atoms with E-state index in [1.807, 2.05) is 25.1 Å². The van der Waals surface area contributed by atoms with E-state index in [-0.39, 0.29) is 18.5 Å². The highest BCUT2D eigenvalue weighted by molar-refractivity contribution is 5.70. The first-order valence-electron chi connectivity index (χ1n) is 8.39. The Labute approximate surface area is 138 Å². The van der Waals surface area contributed by atoms with Crippen molar-refractivity contribution in [2.24, 2.45) is 5.73 Å². The van der Waals surface area contributed by atoms with Crippen LogP contribution in [0.1, 0.15) is 57.1 Å². The summed E-state index contributed by atoms with van der Waals surface area (Å²) in [4.78, 5) is 11.4. The molecule has 0 saturated heterocycles. The number of methoxy groups -OCH3 is 1. The molecule has 2 N–H and O–H groups in total. The number of carbonyl (C=O) groups is 1. The topological polar surface area (TPSA) is 70.8 Å². The first kappa shape index (κ1) is 17.6. The van der Waals surface area contributed by atoms with Crippen LogP contribution >= 0.6 is 0 Å². The van der Waals surface area contributed by atoms with Crippen LogP contribution in [0.5, 0.6) is 11.5 Å². The zero-order valence-corrected chi connectivity index (χ0v) is 14.0. The number of esters is 1. The SMILES string of the molecule is CCOc1cc(C(N)CC(=O)OC)ccc1OC1CCCCC1. The van der Waals surface area contributed by atoms with Crippen LogP contribution < -0.4 is 15.2 Å². The van der Waals surface area contributed by atoms with Crippen LogP contribution in [-0.2, 0) is 9.53 Å². The number of hydrogen-bond acceptors (Lipinski definition) is 5. The average molecular weight is 321 g/mol. The molecule has 0 heterocycles. The lowest BCUT2D eigenvalue weighted by atomic mass is 9.97. The number of rotatable bonds is 7. The Hall–Kier alpha value is -1.75. The molecule has 2 rings (SSSR count). The second kappa shape index (κ2) is 8.77. The van der Waals surface area contributed by atoms with Gasteiger partial charge < -0.3 is 19.9 Å². The molecule has 1 saturated carbocycles. The Morgan fingerprint density at radius 2 is 2.00 bits per heavy atom. The van der Waals surface area contributed by atoms with E-state index in [9.17, 15) is 4.79 Å². The largest absolute Gasteiger partial charge is 0.490 e. The van der Waals surface area contributed by atoms with Crippen molar-refractivity contribution in [1.82, 2.24) is 0 Å². The molecule has 0 amide bonds. The fourth-order valence-electron chi connectivity index (χ4n) is 2.86. The maximum Gasteiger partial charge on any atom is 0.307 e. The summed E-state index contributed by atoms with van der Waals surface area (Å²) in [6.07, 6.45) is 6.32. The van der Waals surface area contributed by atoms with Gasteiger partial charge in [0.1, 0.15) is 0 Å². The standard InChI is InChI=1S/C18H27NO4/c1-3-22-17-11-13(15(19)12-18(20)21-2)9-10-16(17)23-14-7-5-4-6-8-14/h9-11,14-15H,3-8,12,19H2,1-2H3. The molecule has 1 aliphatic rings. The normalized spacial score (nSPS) is 16.7. The molecule has 1 fully saturated rings. The van der Waals surface area contributed by atoms with Gasteiger partial charge in [-0.3, -0.25) is 4.79 Å². The van der Waals surface area contributed by atoms with Crippen LogP contribution in [0.25, 0.3) is 0 Å². The zero-order valence-electron chi connectivity index (χ0n) is 14.0. The highest BCUT2D eigenvalue weighted by atomic mass is 16.5. The lowest BCUT2D eigenvalue weighted by Crippen LogP contribution is -2.20. The molecule has 1 aliphatic carbocycles. The third kappa shape index (κ3) is 5.13. The third-order valence-corrected chi connectivity index (χ3v) is 4.16. The molecule has 0 radical (unpaired) electrons. The highest BCUT2D eigenvalue weighted by Gasteiger charge is 2.19. The van der Waals surface area contributed by atoms with E-state index in [4.69, 9.17) is 15.2 Å². The summed E-state index contributed by atoms with van der Waals surface area (Å²) >= 11 is 0. The third-order valence-electron chi connectivity index (χ3n) is 4.16. The molecule has 0 spiro atoms. The molecular weight excluding hydrogens is 294 g/mol. The minimum Gasteiger partial charge on any atom is -0.490 e. The predicted molar refractivity (Wildman–Crippen MR) is 88.7 cm³/mol. The predicted octanol–water partition coefficient (Wildman–Crippen LogP) is 3.36. The van der Waals surface area contributed by atoms with Crippen LogP contribution in [0, 0.1) is 0 Å². The van der Waals surface area contributed by atoms with Crippen molar-refractivity contribution >= 4 is 5.97 Å². The molecule has 1 aromatic carbocycles. The molecule has 128 valence electrons. The van der Waals surface area contributed by atoms with E-state index >= 15 is 0 Å². The van der Waals surface area contributed by atoms with Crippen molar-refractivity contribution in [1.29, 1.82) is 0 Å². The summed E-state index contributed by atoms with van der Waals surface area (Å²) in [7, 11) is 1.36. The minimum absolute atomic E-state index is 0.144. The first-order valence-corrected chi connectivity index (χ1v) is 8.39. The summed E-state index contributed by atoms with van der Waals surface area (Å²) in [6, 6.07) is 5.25. The summed E-state index contributed by atoms with van der Waals surface area (Å²) < 4.78 is 16.5. The summed E-state index contributed by atoms with van der Waals surface area (Å²) in [6.45, 7) is 2.49. The molecule has 23 heavy (non-hydrogen) atoms. The van der Waals surface area contributed by atoms with Crippen molar-refractivity contribution in [3.63, 3.8) is 0 Å². The van der Waals surface area contributed by atoms with Gasteiger partial charge >= 0.3 is 5.97 Å². The van der Waals surface area contributed by atoms with Gasteiger partial charge in [0.15, 0.2) is 11.5 Å². The van der Waals surface area contributed by atoms with Gasteiger partial charge in [-0.2, -0.15) is 0 Å². The Bertz CT molecular complexity index is 512. The van der Waals surface area contributed by atoms with Gasteiger partial charge in [-0.25, -0.2) is 0 Å². The molecule has 0 bridgehead atoms. The fourth-order valence-corrected chi connectivity index (χ4v) is 2.86. The van der Waals surface area contributed by atoms with Crippen molar-refractivity contribution < 1.29 is 19.0 Å². The van der Waals surface area contributed by atoms with Gasteiger partial charge in [0.2, 0.25) is 0 Å². The quantitative estimate of drug-likeness (QED) is 0.780. The number of nitrogens with two attached hydrogens (primary N) is 1. The lowest BCUT2D eigenvalue weighted by Gasteiger charge is -2.24. The lowest BCUT2D eigenvalue weighted by molar-refractivity contribution is -0.141. The second-order valence-corrected chi connectivity index (χ2v) is 5.90. The van der Waals surface area contributed by atoms with Crippen molar-refractivity contribution in [3.8, 4) is 11.5 Å². The van der Waals surface area contributed by atoms with Gasteiger partial charge in [0.05, 0.1) is 26.2 Å². The molecule has 0 aromatic heterocycles. The van der Waals surface area contributed by atoms with E-state index in [1.54, 1.807) is 0 Å². The van der Waals surface area contributed by atoms with E-state index in [0.29, 0.717) is 12.4 Å². The second-order valence-electron chi connectivity index (χ2n) is 5.90. The van der Waals surface area contributed by atoms with Crippen LogP contribution in [0.3, 0.4) is 0 Å². The maximum absolute atomic E-state index is 11.4. The molecular formula is C18H27NO4. The number of ether oxygens (including phenoxy) is 3. The minimum atomic E-state index is -0.412. The van der Waals surface area contributed by atoms with Gasteiger partial charge in [-0.05, 0) is 50.3 Å². The average Bonchev–Trinajstić information content (AvgIpc) is 2.57. The number of hydrogen-bond donors (Lipinski definition) is 1. The van der Waals surface area contributed by atoms with Crippen LogP contribution in [0.15, 0.2) is 18.2 Å². The van der Waals surface area contributed by atoms with Crippen molar-refractivity contribution in [3.05, 3.63) is 23.8 Å². The van der Waals surface area contributed by atoms with E-state index in [2.05, 4.69) is 4.74 Å². The Kier molecular flexibility index (Phi) is 6.71. The van der Waals surface area contributed by atoms with Gasteiger partial charge in [0.25, 0.3) is 0 Å². The number of benzene rings is 1.